The van der Waals surface area contributed by atoms with Gasteiger partial charge in [0.2, 0.25) is 0 Å². The van der Waals surface area contributed by atoms with Crippen molar-refractivity contribution in [2.24, 2.45) is 7.05 Å². The normalized spacial score (nSPS) is 11.1. The Balaban J connectivity index is 1.85. The highest BCUT2D eigenvalue weighted by Gasteiger charge is 2.22. The number of nitrogens with one attached hydrogen (secondary N) is 2. The fourth-order valence-electron chi connectivity index (χ4n) is 3.16. The number of anilines is 1. The number of carbonyl (C=O) groups is 1. The Kier molecular flexibility index (Phi) is 3.88. The van der Waals surface area contributed by atoms with Gasteiger partial charge in [0, 0.05) is 30.6 Å². The molecule has 0 aliphatic carbocycles. The summed E-state index contributed by atoms with van der Waals surface area (Å²) < 4.78 is 2.88. The molecule has 0 unspecified atom stereocenters. The van der Waals surface area contributed by atoms with Gasteiger partial charge in [-0.25, -0.2) is 9.50 Å². The van der Waals surface area contributed by atoms with Gasteiger partial charge in [-0.05, 0) is 19.4 Å². The molecule has 0 aliphatic rings. The van der Waals surface area contributed by atoms with Gasteiger partial charge in [0.25, 0.3) is 11.5 Å². The second-order valence-electron chi connectivity index (χ2n) is 6.34. The fourth-order valence-corrected chi connectivity index (χ4v) is 3.16. The van der Waals surface area contributed by atoms with Gasteiger partial charge in [-0.15, -0.1) is 0 Å². The summed E-state index contributed by atoms with van der Waals surface area (Å²) in [5, 5.41) is 9.77. The first-order valence-corrected chi connectivity index (χ1v) is 8.44. The Morgan fingerprint density at radius 2 is 1.89 bits per heavy atom. The van der Waals surface area contributed by atoms with Crippen molar-refractivity contribution in [2.75, 3.05) is 5.32 Å². The maximum atomic E-state index is 13.0. The molecule has 2 N–H and O–H groups in total. The molecule has 4 aromatic rings. The minimum atomic E-state index is -0.536. The molecule has 1 aromatic carbocycles. The van der Waals surface area contributed by atoms with E-state index in [0.29, 0.717) is 17.2 Å². The zero-order chi connectivity index (χ0) is 19.1. The molecule has 8 heteroatoms. The Morgan fingerprint density at radius 3 is 2.56 bits per heavy atom. The molecule has 0 radical (unpaired) electrons. The monoisotopic (exact) mass is 362 g/mol. The number of hydrogen-bond acceptors (Lipinski definition) is 4. The third-order valence-corrected chi connectivity index (χ3v) is 4.39. The molecule has 0 saturated heterocycles. The van der Waals surface area contributed by atoms with Gasteiger partial charge in [0.05, 0.1) is 5.69 Å². The minimum absolute atomic E-state index is 0.0148. The first-order chi connectivity index (χ1) is 13.0. The number of aromatic amines is 1. The van der Waals surface area contributed by atoms with E-state index in [2.05, 4.69) is 20.5 Å². The molecule has 136 valence electrons. The highest BCUT2D eigenvalue weighted by Crippen LogP contribution is 2.26. The summed E-state index contributed by atoms with van der Waals surface area (Å²) in [4.78, 5) is 30.2. The summed E-state index contributed by atoms with van der Waals surface area (Å²) in [5.74, 6) is -0.161. The number of benzene rings is 1. The maximum Gasteiger partial charge on any atom is 0.285 e. The number of fused-ring (bicyclic) bond motifs is 1. The Labute approximate surface area is 154 Å². The van der Waals surface area contributed by atoms with Crippen LogP contribution in [0, 0.1) is 13.8 Å². The molecule has 3 heterocycles. The molecule has 0 spiro atoms. The van der Waals surface area contributed by atoms with Crippen LogP contribution in [0.15, 0.2) is 47.4 Å². The van der Waals surface area contributed by atoms with Crippen molar-refractivity contribution in [3.8, 4) is 11.1 Å². The van der Waals surface area contributed by atoms with Crippen LogP contribution in [-0.2, 0) is 7.05 Å². The zero-order valence-corrected chi connectivity index (χ0v) is 15.1. The molecule has 0 atom stereocenters. The lowest BCUT2D eigenvalue weighted by molar-refractivity contribution is 0.102. The lowest BCUT2D eigenvalue weighted by atomic mass is 10.1. The predicted molar refractivity (Wildman–Crippen MR) is 102 cm³/mol. The van der Waals surface area contributed by atoms with Crippen LogP contribution in [0.1, 0.15) is 21.7 Å². The summed E-state index contributed by atoms with van der Waals surface area (Å²) in [6, 6.07) is 11.4. The number of hydrogen-bond donors (Lipinski definition) is 2. The fraction of sp³-hybridized carbons (Fsp3) is 0.158. The van der Waals surface area contributed by atoms with E-state index in [9.17, 15) is 9.59 Å². The van der Waals surface area contributed by atoms with Crippen LogP contribution in [-0.4, -0.2) is 30.3 Å². The lowest BCUT2D eigenvalue weighted by Gasteiger charge is -2.06. The highest BCUT2D eigenvalue weighted by molar-refractivity contribution is 6.04. The Morgan fingerprint density at radius 1 is 1.15 bits per heavy atom. The first kappa shape index (κ1) is 16.8. The molecule has 0 bridgehead atoms. The third kappa shape index (κ3) is 2.80. The number of rotatable bonds is 3. The number of nitrogens with zero attached hydrogens (tertiary/aromatic N) is 4. The number of aromatic nitrogens is 5. The Bertz CT molecular complexity index is 1220. The quantitative estimate of drug-likeness (QED) is 0.584. The van der Waals surface area contributed by atoms with Crippen molar-refractivity contribution in [3.63, 3.8) is 0 Å². The molecule has 4 rings (SSSR count). The van der Waals surface area contributed by atoms with Gasteiger partial charge < -0.3 is 5.32 Å². The predicted octanol–water partition coefficient (Wildman–Crippen LogP) is 2.29. The smallest absolute Gasteiger partial charge is 0.285 e. The van der Waals surface area contributed by atoms with Gasteiger partial charge in [0.1, 0.15) is 5.56 Å². The molecule has 0 aliphatic heterocycles. The number of carbonyl (C=O) groups excluding carboxylic acids is 1. The third-order valence-electron chi connectivity index (χ3n) is 4.39. The van der Waals surface area contributed by atoms with E-state index in [-0.39, 0.29) is 5.56 Å². The van der Waals surface area contributed by atoms with Crippen LogP contribution in [0.25, 0.3) is 16.8 Å². The van der Waals surface area contributed by atoms with Crippen LogP contribution < -0.4 is 10.9 Å². The van der Waals surface area contributed by atoms with Crippen molar-refractivity contribution >= 4 is 17.4 Å². The summed E-state index contributed by atoms with van der Waals surface area (Å²) in [6.07, 6.45) is 1.71. The summed E-state index contributed by atoms with van der Waals surface area (Å²) in [5.41, 5.74) is 2.99. The van der Waals surface area contributed by atoms with Crippen LogP contribution in [0.3, 0.4) is 0 Å². The molecule has 0 saturated carbocycles. The summed E-state index contributed by atoms with van der Waals surface area (Å²) >= 11 is 0. The van der Waals surface area contributed by atoms with E-state index in [0.717, 1.165) is 16.8 Å². The summed E-state index contributed by atoms with van der Waals surface area (Å²) in [6.45, 7) is 3.53. The van der Waals surface area contributed by atoms with Gasteiger partial charge in [0.15, 0.2) is 11.5 Å². The average molecular weight is 362 g/mol. The maximum absolute atomic E-state index is 13.0. The number of aryl methyl sites for hydroxylation is 3. The molecular weight excluding hydrogens is 344 g/mol. The van der Waals surface area contributed by atoms with E-state index >= 15 is 0 Å². The molecule has 27 heavy (non-hydrogen) atoms. The largest absolute Gasteiger partial charge is 0.305 e. The van der Waals surface area contributed by atoms with Crippen molar-refractivity contribution < 1.29 is 4.79 Å². The number of H-pyrrole nitrogens is 1. The van der Waals surface area contributed by atoms with Gasteiger partial charge in [-0.1, -0.05) is 30.3 Å². The van der Waals surface area contributed by atoms with Crippen LogP contribution >= 0.6 is 0 Å². The SMILES string of the molecule is Cc1nc2c(-c3ccccc3)c(C)[nH]n2c(=O)c1C(=O)Nc1ccn(C)n1. The summed E-state index contributed by atoms with van der Waals surface area (Å²) in [7, 11) is 1.75. The minimum Gasteiger partial charge on any atom is -0.305 e. The first-order valence-electron chi connectivity index (χ1n) is 8.44. The number of amides is 1. The van der Waals surface area contributed by atoms with E-state index in [1.54, 1.807) is 30.9 Å². The van der Waals surface area contributed by atoms with Crippen molar-refractivity contribution in [3.05, 3.63) is 69.9 Å². The second kappa shape index (κ2) is 6.24. The van der Waals surface area contributed by atoms with E-state index in [1.807, 2.05) is 37.3 Å². The van der Waals surface area contributed by atoms with Crippen molar-refractivity contribution in [1.82, 2.24) is 24.4 Å². The molecular formula is C19H18N6O2. The lowest BCUT2D eigenvalue weighted by Crippen LogP contribution is -2.29. The van der Waals surface area contributed by atoms with E-state index in [1.165, 1.54) is 4.52 Å². The second-order valence-corrected chi connectivity index (χ2v) is 6.34. The van der Waals surface area contributed by atoms with Gasteiger partial charge in [-0.2, -0.15) is 5.10 Å². The zero-order valence-electron chi connectivity index (χ0n) is 15.1. The van der Waals surface area contributed by atoms with E-state index < -0.39 is 11.5 Å². The van der Waals surface area contributed by atoms with Crippen LogP contribution in [0.2, 0.25) is 0 Å². The van der Waals surface area contributed by atoms with Gasteiger partial charge >= 0.3 is 0 Å². The molecule has 0 fully saturated rings. The van der Waals surface area contributed by atoms with Gasteiger partial charge in [-0.3, -0.25) is 19.4 Å². The van der Waals surface area contributed by atoms with Crippen molar-refractivity contribution in [1.29, 1.82) is 0 Å². The van der Waals surface area contributed by atoms with E-state index in [4.69, 9.17) is 0 Å². The Hall–Kier alpha value is -3.68. The average Bonchev–Trinajstić information content (AvgIpc) is 3.18. The van der Waals surface area contributed by atoms with Crippen LogP contribution in [0.4, 0.5) is 5.82 Å². The topological polar surface area (TPSA) is 97.1 Å². The van der Waals surface area contributed by atoms with Crippen LogP contribution in [0.5, 0.6) is 0 Å². The molecule has 1 amide bonds. The molecule has 8 nitrogen and oxygen atoms in total. The van der Waals surface area contributed by atoms with Crippen molar-refractivity contribution in [2.45, 2.75) is 13.8 Å². The highest BCUT2D eigenvalue weighted by atomic mass is 16.2. The molecule has 3 aromatic heterocycles. The standard InChI is InChI=1S/C19H18N6O2/c1-11-16(18(26)21-14-9-10-24(3)23-14)19(27)25-17(20-11)15(12(2)22-25)13-7-5-4-6-8-13/h4-10,22H,1-3H3,(H,21,23,26).